The summed E-state index contributed by atoms with van der Waals surface area (Å²) < 4.78 is 26.3. The molecule has 0 spiro atoms. The first-order chi connectivity index (χ1) is 8.87. The van der Waals surface area contributed by atoms with E-state index in [4.69, 9.17) is 0 Å². The molecule has 0 N–H and O–H groups in total. The number of carbonyl (C=O) groups excluding carboxylic acids is 2. The molecule has 0 aliphatic carbocycles. The first-order valence-electron chi connectivity index (χ1n) is 6.76. The van der Waals surface area contributed by atoms with Gasteiger partial charge in [0.25, 0.3) is 0 Å². The van der Waals surface area contributed by atoms with Crippen molar-refractivity contribution in [2.75, 3.05) is 13.1 Å². The van der Waals surface area contributed by atoms with Crippen molar-refractivity contribution in [2.45, 2.75) is 53.9 Å². The molecular weight excluding hydrogens is 280 g/mol. The van der Waals surface area contributed by atoms with E-state index in [0.717, 1.165) is 21.5 Å². The van der Waals surface area contributed by atoms with Crippen LogP contribution in [0.25, 0.3) is 0 Å². The zero-order valence-corrected chi connectivity index (χ0v) is 12.6. The van der Waals surface area contributed by atoms with Crippen molar-refractivity contribution in [3.05, 3.63) is 0 Å². The highest BCUT2D eigenvalue weighted by Gasteiger charge is 2.46. The van der Waals surface area contributed by atoms with Crippen molar-refractivity contribution in [1.29, 1.82) is 0 Å². The van der Waals surface area contributed by atoms with Gasteiger partial charge < -0.3 is 0 Å². The van der Waals surface area contributed by atoms with Crippen LogP contribution in [0.4, 0.5) is 0 Å². The van der Waals surface area contributed by atoms with Crippen LogP contribution in [0.15, 0.2) is 0 Å². The van der Waals surface area contributed by atoms with Crippen molar-refractivity contribution in [3.8, 4) is 0 Å². The molecular formula is C13H26N2O4S. The van der Waals surface area contributed by atoms with Gasteiger partial charge in [-0.2, -0.15) is 8.42 Å². The highest BCUT2D eigenvalue weighted by atomic mass is 32.2. The Morgan fingerprint density at radius 2 is 1.30 bits per heavy atom. The van der Waals surface area contributed by atoms with Gasteiger partial charge in [-0.25, -0.2) is 8.61 Å². The molecule has 0 radical (unpaired) electrons. The normalized spacial score (nSPS) is 19.1. The maximum atomic E-state index is 12.3. The fourth-order valence-electron chi connectivity index (χ4n) is 1.94. The van der Waals surface area contributed by atoms with E-state index < -0.39 is 27.9 Å². The number of carbonyl (C=O) groups is 2. The van der Waals surface area contributed by atoms with Gasteiger partial charge in [-0.05, 0) is 19.8 Å². The monoisotopic (exact) mass is 306 g/mol. The molecule has 0 saturated carbocycles. The number of nitrogens with zero attached hydrogens (tertiary/aromatic N) is 2. The summed E-state index contributed by atoms with van der Waals surface area (Å²) in [7, 11) is -3.97. The van der Waals surface area contributed by atoms with Gasteiger partial charge in [0.05, 0.1) is 0 Å². The quantitative estimate of drug-likeness (QED) is 0.701. The number of hydrogen-bond acceptors (Lipinski definition) is 4. The molecule has 0 aromatic carbocycles. The summed E-state index contributed by atoms with van der Waals surface area (Å²) in [4.78, 5) is 24.0. The molecule has 1 aliphatic rings. The van der Waals surface area contributed by atoms with Crippen molar-refractivity contribution in [3.63, 3.8) is 0 Å². The second-order valence-corrected chi connectivity index (χ2v) is 6.53. The van der Waals surface area contributed by atoms with Gasteiger partial charge in [0.1, 0.15) is 5.92 Å². The minimum absolute atomic E-state index is 0. The van der Waals surface area contributed by atoms with Gasteiger partial charge >= 0.3 is 10.2 Å². The summed E-state index contributed by atoms with van der Waals surface area (Å²) in [5.74, 6) is -2.12. The van der Waals surface area contributed by atoms with Gasteiger partial charge in [-0.15, -0.1) is 0 Å². The lowest BCUT2D eigenvalue weighted by Gasteiger charge is -2.37. The first-order valence-corrected chi connectivity index (χ1v) is 8.15. The highest BCUT2D eigenvalue weighted by Crippen LogP contribution is 2.23. The molecule has 7 heteroatoms. The van der Waals surface area contributed by atoms with Crippen molar-refractivity contribution < 1.29 is 18.0 Å². The smallest absolute Gasteiger partial charge is 0.273 e. The summed E-state index contributed by atoms with van der Waals surface area (Å²) in [5, 5.41) is 0. The summed E-state index contributed by atoms with van der Waals surface area (Å²) in [5.41, 5.74) is 0. The standard InChI is InChI=1S/C12H22N2O4S.CH4/c1-4-6-8-13-11(15)10(3)12(16)14(9-7-5-2)19(13,17)18;/h10H,4-9H2,1-3H3;1H4. The molecule has 0 bridgehead atoms. The van der Waals surface area contributed by atoms with Crippen molar-refractivity contribution in [2.24, 2.45) is 5.92 Å². The average Bonchev–Trinajstić information content (AvgIpc) is 2.36. The van der Waals surface area contributed by atoms with Crippen LogP contribution in [0.2, 0.25) is 0 Å². The lowest BCUT2D eigenvalue weighted by atomic mass is 10.1. The average molecular weight is 306 g/mol. The number of unbranched alkanes of at least 4 members (excludes halogenated alkanes) is 2. The number of hydrogen-bond donors (Lipinski definition) is 0. The van der Waals surface area contributed by atoms with Gasteiger partial charge in [0, 0.05) is 13.1 Å². The maximum Gasteiger partial charge on any atom is 0.330 e. The SMILES string of the molecule is C.CCCCN1C(=O)C(C)C(=O)N(CCCC)S1(=O)=O. The van der Waals surface area contributed by atoms with Crippen molar-refractivity contribution >= 4 is 22.0 Å². The van der Waals surface area contributed by atoms with E-state index >= 15 is 0 Å². The fraction of sp³-hybridized carbons (Fsp3) is 0.846. The Hall–Kier alpha value is -1.11. The third-order valence-electron chi connectivity index (χ3n) is 3.22. The van der Waals surface area contributed by atoms with E-state index in [1.54, 1.807) is 0 Å². The Labute approximate surface area is 122 Å². The zero-order valence-electron chi connectivity index (χ0n) is 11.8. The van der Waals surface area contributed by atoms with E-state index in [2.05, 4.69) is 0 Å². The minimum atomic E-state index is -3.97. The first kappa shape index (κ1) is 18.9. The summed E-state index contributed by atoms with van der Waals surface area (Å²) in [6.45, 7) is 5.61. The topological polar surface area (TPSA) is 74.8 Å². The Morgan fingerprint density at radius 3 is 1.60 bits per heavy atom. The Kier molecular flexibility index (Phi) is 7.19. The Morgan fingerprint density at radius 1 is 0.950 bits per heavy atom. The molecule has 0 aromatic rings. The molecule has 1 fully saturated rings. The summed E-state index contributed by atoms with van der Waals surface area (Å²) >= 11 is 0. The van der Waals surface area contributed by atoms with E-state index in [-0.39, 0.29) is 20.5 Å². The molecule has 0 aromatic heterocycles. The zero-order chi connectivity index (χ0) is 14.6. The van der Waals surface area contributed by atoms with Crippen LogP contribution in [-0.4, -0.2) is 41.9 Å². The van der Waals surface area contributed by atoms with Crippen LogP contribution >= 0.6 is 0 Å². The summed E-state index contributed by atoms with van der Waals surface area (Å²) in [6.07, 6.45) is 2.79. The lowest BCUT2D eigenvalue weighted by molar-refractivity contribution is -0.144. The highest BCUT2D eigenvalue weighted by molar-refractivity contribution is 7.88. The van der Waals surface area contributed by atoms with Crippen LogP contribution < -0.4 is 0 Å². The van der Waals surface area contributed by atoms with Crippen LogP contribution in [0.5, 0.6) is 0 Å². The number of amides is 2. The van der Waals surface area contributed by atoms with E-state index in [9.17, 15) is 18.0 Å². The second kappa shape index (κ2) is 7.61. The van der Waals surface area contributed by atoms with Crippen LogP contribution in [0, 0.1) is 5.92 Å². The largest absolute Gasteiger partial charge is 0.330 e. The Balaban J connectivity index is 0.00000361. The van der Waals surface area contributed by atoms with Gasteiger partial charge in [-0.1, -0.05) is 34.1 Å². The molecule has 1 saturated heterocycles. The molecule has 2 amide bonds. The van der Waals surface area contributed by atoms with E-state index in [1.807, 2.05) is 13.8 Å². The third kappa shape index (κ3) is 3.50. The van der Waals surface area contributed by atoms with E-state index in [0.29, 0.717) is 12.8 Å². The lowest BCUT2D eigenvalue weighted by Crippen LogP contribution is -2.59. The van der Waals surface area contributed by atoms with Crippen LogP contribution in [-0.2, 0) is 19.8 Å². The molecule has 1 heterocycles. The van der Waals surface area contributed by atoms with Crippen molar-refractivity contribution in [1.82, 2.24) is 8.61 Å². The molecule has 1 rings (SSSR count). The van der Waals surface area contributed by atoms with E-state index in [1.165, 1.54) is 6.92 Å². The van der Waals surface area contributed by atoms with Crippen LogP contribution in [0.3, 0.4) is 0 Å². The maximum absolute atomic E-state index is 12.3. The third-order valence-corrected chi connectivity index (χ3v) is 5.06. The van der Waals surface area contributed by atoms with Gasteiger partial charge in [0.15, 0.2) is 0 Å². The molecule has 1 aliphatic heterocycles. The minimum Gasteiger partial charge on any atom is -0.273 e. The molecule has 0 atom stereocenters. The number of rotatable bonds is 6. The Bertz CT molecular complexity index is 413. The second-order valence-electron chi connectivity index (χ2n) is 4.76. The predicted octanol–water partition coefficient (Wildman–Crippen LogP) is 1.77. The fourth-order valence-corrected chi connectivity index (χ4v) is 3.67. The van der Waals surface area contributed by atoms with Crippen LogP contribution in [0.1, 0.15) is 53.9 Å². The molecule has 6 nitrogen and oxygen atoms in total. The van der Waals surface area contributed by atoms with Gasteiger partial charge in [-0.3, -0.25) is 9.59 Å². The summed E-state index contributed by atoms with van der Waals surface area (Å²) in [6, 6.07) is 0. The predicted molar refractivity (Wildman–Crippen MR) is 78.1 cm³/mol. The molecule has 118 valence electrons. The molecule has 20 heavy (non-hydrogen) atoms. The van der Waals surface area contributed by atoms with Gasteiger partial charge in [0.2, 0.25) is 11.8 Å². The molecule has 0 unspecified atom stereocenters.